The lowest BCUT2D eigenvalue weighted by Gasteiger charge is -2.07. The van der Waals surface area contributed by atoms with Crippen molar-refractivity contribution in [1.29, 1.82) is 0 Å². The van der Waals surface area contributed by atoms with E-state index in [1.54, 1.807) is 12.5 Å². The van der Waals surface area contributed by atoms with Gasteiger partial charge in [-0.3, -0.25) is 9.19 Å². The summed E-state index contributed by atoms with van der Waals surface area (Å²) >= 11 is 0. The van der Waals surface area contributed by atoms with Crippen molar-refractivity contribution in [2.75, 3.05) is 6.26 Å². The molecule has 2 heterocycles. The topological polar surface area (TPSA) is 42.9 Å². The molecule has 2 aromatic heterocycles. The minimum absolute atomic E-state index is 0.738. The summed E-state index contributed by atoms with van der Waals surface area (Å²) in [5.41, 5.74) is 3.33. The van der Waals surface area contributed by atoms with Crippen LogP contribution in [0, 0.1) is 0 Å². The summed E-state index contributed by atoms with van der Waals surface area (Å²) in [5, 5.41) is 0. The third-order valence-electron chi connectivity index (χ3n) is 3.13. The highest BCUT2D eigenvalue weighted by molar-refractivity contribution is 7.84. The van der Waals surface area contributed by atoms with Crippen molar-refractivity contribution < 1.29 is 4.21 Å². The van der Waals surface area contributed by atoms with E-state index in [-0.39, 0.29) is 0 Å². The standard InChI is InChI=1S/C17H14N2OS/c1-21(20)14-11-16(13-7-3-2-4-8-13)19-17(12-14)15-9-5-6-10-18-15/h2-12H,1H3/t21-/m0/s1. The van der Waals surface area contributed by atoms with Gasteiger partial charge in [0.05, 0.1) is 17.1 Å². The lowest BCUT2D eigenvalue weighted by Crippen LogP contribution is -1.95. The number of benzene rings is 1. The summed E-state index contributed by atoms with van der Waals surface area (Å²) in [5.74, 6) is 0. The van der Waals surface area contributed by atoms with E-state index < -0.39 is 10.8 Å². The van der Waals surface area contributed by atoms with Crippen molar-refractivity contribution in [3.63, 3.8) is 0 Å². The van der Waals surface area contributed by atoms with Crippen LogP contribution in [0.5, 0.6) is 0 Å². The third-order valence-corrected chi connectivity index (χ3v) is 4.03. The molecular formula is C17H14N2OS. The zero-order valence-corrected chi connectivity index (χ0v) is 12.4. The van der Waals surface area contributed by atoms with E-state index in [1.807, 2.05) is 60.7 Å². The maximum absolute atomic E-state index is 11.9. The van der Waals surface area contributed by atoms with E-state index in [1.165, 1.54) is 0 Å². The summed E-state index contributed by atoms with van der Waals surface area (Å²) in [6.07, 6.45) is 3.40. The summed E-state index contributed by atoms with van der Waals surface area (Å²) in [4.78, 5) is 9.74. The first-order chi connectivity index (χ1) is 10.2. The molecule has 1 aromatic carbocycles. The van der Waals surface area contributed by atoms with Gasteiger partial charge in [0.1, 0.15) is 0 Å². The van der Waals surface area contributed by atoms with E-state index in [0.29, 0.717) is 0 Å². The largest absolute Gasteiger partial charge is 0.255 e. The Hall–Kier alpha value is -2.33. The van der Waals surface area contributed by atoms with Crippen LogP contribution in [0.15, 0.2) is 71.8 Å². The fraction of sp³-hybridized carbons (Fsp3) is 0.0588. The molecule has 0 bridgehead atoms. The molecule has 0 fully saturated rings. The lowest BCUT2D eigenvalue weighted by molar-refractivity contribution is 0.686. The smallest absolute Gasteiger partial charge is 0.0905 e. The number of pyridine rings is 2. The Morgan fingerprint density at radius 3 is 2.24 bits per heavy atom. The number of hydrogen-bond donors (Lipinski definition) is 0. The minimum atomic E-state index is -1.06. The van der Waals surface area contributed by atoms with Crippen LogP contribution in [0.2, 0.25) is 0 Å². The summed E-state index contributed by atoms with van der Waals surface area (Å²) in [6.45, 7) is 0. The van der Waals surface area contributed by atoms with E-state index >= 15 is 0 Å². The Morgan fingerprint density at radius 2 is 1.57 bits per heavy atom. The molecule has 0 saturated carbocycles. The number of hydrogen-bond acceptors (Lipinski definition) is 3. The van der Waals surface area contributed by atoms with Crippen molar-refractivity contribution in [2.45, 2.75) is 4.90 Å². The minimum Gasteiger partial charge on any atom is -0.255 e. The van der Waals surface area contributed by atoms with E-state index in [2.05, 4.69) is 9.97 Å². The van der Waals surface area contributed by atoms with Gasteiger partial charge in [0.2, 0.25) is 0 Å². The second-order valence-electron chi connectivity index (χ2n) is 4.61. The van der Waals surface area contributed by atoms with Crippen molar-refractivity contribution in [3.8, 4) is 22.6 Å². The van der Waals surface area contributed by atoms with Crippen LogP contribution in [0.25, 0.3) is 22.6 Å². The van der Waals surface area contributed by atoms with E-state index in [4.69, 9.17) is 0 Å². The molecule has 3 nitrogen and oxygen atoms in total. The molecule has 0 aliphatic rings. The maximum Gasteiger partial charge on any atom is 0.0905 e. The molecule has 1 atom stereocenters. The van der Waals surface area contributed by atoms with Crippen LogP contribution in [-0.2, 0) is 10.8 Å². The lowest BCUT2D eigenvalue weighted by atomic mass is 10.1. The van der Waals surface area contributed by atoms with Gasteiger partial charge in [-0.1, -0.05) is 36.4 Å². The fourth-order valence-corrected chi connectivity index (χ4v) is 2.63. The Kier molecular flexibility index (Phi) is 3.88. The van der Waals surface area contributed by atoms with Crippen molar-refractivity contribution >= 4 is 10.8 Å². The van der Waals surface area contributed by atoms with Crippen LogP contribution in [0.1, 0.15) is 0 Å². The molecule has 0 saturated heterocycles. The Morgan fingerprint density at radius 1 is 0.857 bits per heavy atom. The first-order valence-corrected chi connectivity index (χ1v) is 8.12. The first kappa shape index (κ1) is 13.6. The van der Waals surface area contributed by atoms with E-state index in [0.717, 1.165) is 27.5 Å². The van der Waals surface area contributed by atoms with E-state index in [9.17, 15) is 4.21 Å². The zero-order chi connectivity index (χ0) is 14.7. The molecule has 3 aromatic rings. The van der Waals surface area contributed by atoms with Gasteiger partial charge >= 0.3 is 0 Å². The molecule has 0 amide bonds. The van der Waals surface area contributed by atoms with Gasteiger partial charge in [-0.2, -0.15) is 0 Å². The maximum atomic E-state index is 11.9. The third kappa shape index (κ3) is 3.06. The second-order valence-corrected chi connectivity index (χ2v) is 5.99. The Labute approximate surface area is 126 Å². The van der Waals surface area contributed by atoms with Crippen LogP contribution < -0.4 is 0 Å². The normalized spacial score (nSPS) is 12.0. The van der Waals surface area contributed by atoms with Gasteiger partial charge in [-0.25, -0.2) is 4.98 Å². The molecule has 0 aliphatic heterocycles. The van der Waals surface area contributed by atoms with Crippen LogP contribution in [-0.4, -0.2) is 20.4 Å². The molecule has 0 unspecified atom stereocenters. The van der Waals surface area contributed by atoms with Gasteiger partial charge in [-0.05, 0) is 24.3 Å². The highest BCUT2D eigenvalue weighted by Crippen LogP contribution is 2.24. The Bertz CT molecular complexity index is 716. The van der Waals surface area contributed by atoms with Crippen LogP contribution >= 0.6 is 0 Å². The number of rotatable bonds is 3. The highest BCUT2D eigenvalue weighted by Gasteiger charge is 2.09. The van der Waals surface area contributed by atoms with Crippen molar-refractivity contribution in [2.24, 2.45) is 0 Å². The van der Waals surface area contributed by atoms with Gasteiger partial charge in [0.15, 0.2) is 0 Å². The predicted molar refractivity (Wildman–Crippen MR) is 85.2 cm³/mol. The van der Waals surface area contributed by atoms with Crippen LogP contribution in [0.4, 0.5) is 0 Å². The molecule has 0 aliphatic carbocycles. The summed E-state index contributed by atoms with van der Waals surface area (Å²) < 4.78 is 11.9. The van der Waals surface area contributed by atoms with Gasteiger partial charge < -0.3 is 0 Å². The highest BCUT2D eigenvalue weighted by atomic mass is 32.2. The average molecular weight is 294 g/mol. The molecular weight excluding hydrogens is 280 g/mol. The summed E-state index contributed by atoms with van der Waals surface area (Å²) in [7, 11) is -1.06. The van der Waals surface area contributed by atoms with Gasteiger partial charge in [0.25, 0.3) is 0 Å². The first-order valence-electron chi connectivity index (χ1n) is 6.56. The number of nitrogens with zero attached hydrogens (tertiary/aromatic N) is 2. The Balaban J connectivity index is 2.18. The van der Waals surface area contributed by atoms with Crippen LogP contribution in [0.3, 0.4) is 0 Å². The SMILES string of the molecule is C[S@](=O)c1cc(-c2ccccc2)nc(-c2ccccn2)c1. The predicted octanol–water partition coefficient (Wildman–Crippen LogP) is 3.55. The molecule has 0 N–H and O–H groups in total. The average Bonchev–Trinajstić information content (AvgIpc) is 2.56. The molecule has 104 valence electrons. The van der Waals surface area contributed by atoms with Gasteiger partial charge in [-0.15, -0.1) is 0 Å². The molecule has 3 rings (SSSR count). The van der Waals surface area contributed by atoms with Crippen molar-refractivity contribution in [1.82, 2.24) is 9.97 Å². The fourth-order valence-electron chi connectivity index (χ4n) is 2.07. The zero-order valence-electron chi connectivity index (χ0n) is 11.6. The number of aromatic nitrogens is 2. The van der Waals surface area contributed by atoms with Gasteiger partial charge in [0, 0.05) is 33.7 Å². The second kappa shape index (κ2) is 5.97. The molecule has 0 radical (unpaired) electrons. The van der Waals surface area contributed by atoms with Crippen molar-refractivity contribution in [3.05, 3.63) is 66.9 Å². The monoisotopic (exact) mass is 294 g/mol. The quantitative estimate of drug-likeness (QED) is 0.742. The molecule has 21 heavy (non-hydrogen) atoms. The summed E-state index contributed by atoms with van der Waals surface area (Å²) in [6, 6.07) is 19.3. The molecule has 4 heteroatoms. The molecule has 0 spiro atoms.